The van der Waals surface area contributed by atoms with Crippen molar-refractivity contribution in [1.82, 2.24) is 0 Å². The average molecular weight is 476 g/mol. The summed E-state index contributed by atoms with van der Waals surface area (Å²) in [6, 6.07) is 45.3. The second kappa shape index (κ2) is 10.4. The Kier molecular flexibility index (Phi) is 6.74. The molecular formula is C30H23FN3P. The van der Waals surface area contributed by atoms with Gasteiger partial charge in [0.2, 0.25) is 0 Å². The highest BCUT2D eigenvalue weighted by Gasteiger charge is 2.27. The zero-order valence-corrected chi connectivity index (χ0v) is 19.8. The van der Waals surface area contributed by atoms with Crippen molar-refractivity contribution in [2.75, 3.05) is 0 Å². The van der Waals surface area contributed by atoms with Crippen LogP contribution < -0.4 is 15.9 Å². The van der Waals surface area contributed by atoms with E-state index in [1.807, 2.05) is 42.5 Å². The molecule has 0 saturated heterocycles. The molecule has 0 aromatic heterocycles. The standard InChI is InChI=1S/C30H23FN3P/c31-24-16-18-25(19-17-24)32-33-26-20-22-27(23-21-26)34-35(28-10-4-1-5-11-28,29-12-6-2-7-13-29)30-14-8-3-9-15-30/h1-23H. The van der Waals surface area contributed by atoms with Gasteiger partial charge >= 0.3 is 0 Å². The fourth-order valence-electron chi connectivity index (χ4n) is 3.93. The quantitative estimate of drug-likeness (QED) is 0.176. The summed E-state index contributed by atoms with van der Waals surface area (Å²) in [5, 5.41) is 12.1. The van der Waals surface area contributed by atoms with E-state index >= 15 is 0 Å². The van der Waals surface area contributed by atoms with Crippen molar-refractivity contribution in [3.8, 4) is 0 Å². The SMILES string of the molecule is Fc1ccc(N=Nc2ccc(N=P(c3ccccc3)(c3ccccc3)c3ccccc3)cc2)cc1. The number of benzene rings is 5. The van der Waals surface area contributed by atoms with E-state index in [2.05, 4.69) is 83.0 Å². The van der Waals surface area contributed by atoms with Gasteiger partial charge in [0.1, 0.15) is 5.82 Å². The van der Waals surface area contributed by atoms with Crippen molar-refractivity contribution in [2.45, 2.75) is 0 Å². The van der Waals surface area contributed by atoms with Crippen LogP contribution in [0.2, 0.25) is 0 Å². The summed E-state index contributed by atoms with van der Waals surface area (Å²) < 4.78 is 18.6. The van der Waals surface area contributed by atoms with Crippen molar-refractivity contribution in [2.24, 2.45) is 15.0 Å². The first-order valence-corrected chi connectivity index (χ1v) is 13.0. The number of hydrogen-bond donors (Lipinski definition) is 0. The van der Waals surface area contributed by atoms with Gasteiger partial charge in [-0.25, -0.2) is 4.39 Å². The monoisotopic (exact) mass is 475 g/mol. The molecule has 0 aliphatic heterocycles. The molecule has 0 bridgehead atoms. The van der Waals surface area contributed by atoms with Crippen LogP contribution in [-0.4, -0.2) is 0 Å². The Morgan fingerprint density at radius 1 is 0.400 bits per heavy atom. The van der Waals surface area contributed by atoms with Crippen LogP contribution in [0.4, 0.5) is 21.5 Å². The molecule has 0 unspecified atom stereocenters. The number of rotatable bonds is 6. The van der Waals surface area contributed by atoms with Crippen molar-refractivity contribution in [1.29, 1.82) is 0 Å². The minimum Gasteiger partial charge on any atom is -0.254 e. The Hall–Kier alpha value is -4.14. The van der Waals surface area contributed by atoms with Crippen molar-refractivity contribution in [3.63, 3.8) is 0 Å². The third-order valence-corrected chi connectivity index (χ3v) is 9.28. The predicted molar refractivity (Wildman–Crippen MR) is 144 cm³/mol. The summed E-state index contributed by atoms with van der Waals surface area (Å²) in [5.74, 6) is -0.294. The molecule has 0 aliphatic rings. The Bertz CT molecular complexity index is 1360. The van der Waals surface area contributed by atoms with Gasteiger partial charge in [-0.2, -0.15) is 10.2 Å². The fraction of sp³-hybridized carbons (Fsp3) is 0. The average Bonchev–Trinajstić information content (AvgIpc) is 2.93. The van der Waals surface area contributed by atoms with E-state index in [0.717, 1.165) is 5.69 Å². The Morgan fingerprint density at radius 2 is 0.743 bits per heavy atom. The fourth-order valence-corrected chi connectivity index (χ4v) is 7.47. The van der Waals surface area contributed by atoms with Gasteiger partial charge in [0.05, 0.1) is 24.1 Å². The summed E-state index contributed by atoms with van der Waals surface area (Å²) in [7, 11) is -2.32. The molecule has 0 radical (unpaired) electrons. The van der Waals surface area contributed by atoms with Crippen LogP contribution in [0.3, 0.4) is 0 Å². The van der Waals surface area contributed by atoms with E-state index in [9.17, 15) is 4.39 Å². The highest BCUT2D eigenvalue weighted by molar-refractivity contribution is 7.87. The van der Waals surface area contributed by atoms with Crippen LogP contribution in [0.5, 0.6) is 0 Å². The first-order chi connectivity index (χ1) is 17.2. The van der Waals surface area contributed by atoms with E-state index in [1.165, 1.54) is 28.0 Å². The molecule has 5 aromatic rings. The molecule has 0 spiro atoms. The number of halogens is 1. The van der Waals surface area contributed by atoms with Gasteiger partial charge in [0.25, 0.3) is 0 Å². The van der Waals surface area contributed by atoms with Gasteiger partial charge in [-0.3, -0.25) is 4.74 Å². The lowest BCUT2D eigenvalue weighted by Crippen LogP contribution is -2.25. The maximum Gasteiger partial charge on any atom is 0.123 e. The molecule has 35 heavy (non-hydrogen) atoms. The molecule has 0 aliphatic carbocycles. The van der Waals surface area contributed by atoms with Crippen LogP contribution in [-0.2, 0) is 0 Å². The minimum atomic E-state index is -2.32. The van der Waals surface area contributed by atoms with Crippen molar-refractivity contribution in [3.05, 3.63) is 145 Å². The molecule has 0 N–H and O–H groups in total. The Labute approximate surface area is 204 Å². The Morgan fingerprint density at radius 3 is 1.14 bits per heavy atom. The van der Waals surface area contributed by atoms with E-state index < -0.39 is 7.05 Å². The van der Waals surface area contributed by atoms with E-state index in [0.29, 0.717) is 11.4 Å². The van der Waals surface area contributed by atoms with Crippen LogP contribution >= 0.6 is 7.05 Å². The second-order valence-electron chi connectivity index (χ2n) is 7.93. The summed E-state index contributed by atoms with van der Waals surface area (Å²) >= 11 is 0. The lowest BCUT2D eigenvalue weighted by atomic mass is 10.3. The highest BCUT2D eigenvalue weighted by Crippen LogP contribution is 2.49. The van der Waals surface area contributed by atoms with Crippen LogP contribution in [0.25, 0.3) is 0 Å². The second-order valence-corrected chi connectivity index (χ2v) is 11.0. The van der Waals surface area contributed by atoms with Crippen LogP contribution in [0.1, 0.15) is 0 Å². The van der Waals surface area contributed by atoms with E-state index in [1.54, 1.807) is 12.1 Å². The summed E-state index contributed by atoms with van der Waals surface area (Å²) in [6.45, 7) is 0. The molecule has 5 heteroatoms. The number of azo groups is 1. The molecule has 0 fully saturated rings. The van der Waals surface area contributed by atoms with Crippen molar-refractivity contribution < 1.29 is 4.39 Å². The van der Waals surface area contributed by atoms with Gasteiger partial charge in [0.15, 0.2) is 0 Å². The zero-order chi connectivity index (χ0) is 23.9. The first kappa shape index (κ1) is 22.6. The summed E-state index contributed by atoms with van der Waals surface area (Å²) in [6.07, 6.45) is 0. The maximum absolute atomic E-state index is 13.1. The smallest absolute Gasteiger partial charge is 0.123 e. The third-order valence-electron chi connectivity index (χ3n) is 5.61. The van der Waals surface area contributed by atoms with E-state index in [-0.39, 0.29) is 5.82 Å². The Balaban J connectivity index is 1.62. The van der Waals surface area contributed by atoms with Crippen LogP contribution in [0, 0.1) is 5.82 Å². The van der Waals surface area contributed by atoms with Gasteiger partial charge in [0, 0.05) is 15.9 Å². The summed E-state index contributed by atoms with van der Waals surface area (Å²) in [4.78, 5) is 0. The largest absolute Gasteiger partial charge is 0.254 e. The topological polar surface area (TPSA) is 37.1 Å². The lowest BCUT2D eigenvalue weighted by Gasteiger charge is -2.27. The molecule has 0 amide bonds. The van der Waals surface area contributed by atoms with Crippen molar-refractivity contribution >= 4 is 40.0 Å². The normalized spacial score (nSPS) is 11.5. The molecule has 0 saturated carbocycles. The van der Waals surface area contributed by atoms with E-state index in [4.69, 9.17) is 4.74 Å². The predicted octanol–water partition coefficient (Wildman–Crippen LogP) is 8.05. The molecular weight excluding hydrogens is 452 g/mol. The minimum absolute atomic E-state index is 0.294. The number of hydrogen-bond acceptors (Lipinski definition) is 3. The van der Waals surface area contributed by atoms with Gasteiger partial charge in [-0.05, 0) is 48.5 Å². The van der Waals surface area contributed by atoms with Gasteiger partial charge in [-0.15, -0.1) is 0 Å². The number of nitrogens with zero attached hydrogens (tertiary/aromatic N) is 3. The molecule has 5 rings (SSSR count). The van der Waals surface area contributed by atoms with Crippen LogP contribution in [0.15, 0.2) is 154 Å². The molecule has 0 heterocycles. The molecule has 3 nitrogen and oxygen atoms in total. The molecule has 170 valence electrons. The zero-order valence-electron chi connectivity index (χ0n) is 18.9. The molecule has 5 aromatic carbocycles. The highest BCUT2D eigenvalue weighted by atomic mass is 31.2. The first-order valence-electron chi connectivity index (χ1n) is 11.3. The summed E-state index contributed by atoms with van der Waals surface area (Å²) in [5.41, 5.74) is 2.18. The molecule has 0 atom stereocenters. The maximum atomic E-state index is 13.1. The van der Waals surface area contributed by atoms with Gasteiger partial charge < -0.3 is 0 Å². The van der Waals surface area contributed by atoms with Gasteiger partial charge in [-0.1, -0.05) is 91.0 Å². The third kappa shape index (κ3) is 5.03. The lowest BCUT2D eigenvalue weighted by molar-refractivity contribution is 0.628.